The number of rotatable bonds is 31. The van der Waals surface area contributed by atoms with Crippen LogP contribution in [0.3, 0.4) is 0 Å². The van der Waals surface area contributed by atoms with Gasteiger partial charge < -0.3 is 40.9 Å². The van der Waals surface area contributed by atoms with Crippen molar-refractivity contribution < 1.29 is 35.1 Å². The van der Waals surface area contributed by atoms with Crippen LogP contribution in [0.15, 0.2) is 12.2 Å². The molecule has 7 N–H and O–H groups in total. The fourth-order valence-corrected chi connectivity index (χ4v) is 6.59. The molecule has 0 heterocycles. The quantitative estimate of drug-likeness (QED) is 0.0291. The van der Waals surface area contributed by atoms with E-state index in [0.717, 1.165) is 19.3 Å². The maximum Gasteiger partial charge on any atom is 0.315 e. The van der Waals surface area contributed by atoms with Crippen LogP contribution < -0.4 is 10.6 Å². The first kappa shape index (κ1) is 45.8. The molecule has 0 aliphatic heterocycles. The van der Waals surface area contributed by atoms with Crippen LogP contribution in [0.5, 0.6) is 0 Å². The predicted molar refractivity (Wildman–Crippen MR) is 201 cm³/mol. The lowest BCUT2D eigenvalue weighted by molar-refractivity contribution is -0.117. The molecule has 49 heavy (non-hydrogen) atoms. The molecule has 0 aromatic carbocycles. The maximum absolute atomic E-state index is 12.7. The molecule has 0 saturated heterocycles. The molecule has 0 radical (unpaired) electrons. The highest BCUT2D eigenvalue weighted by atomic mass is 16.5. The molecule has 1 aliphatic carbocycles. The summed E-state index contributed by atoms with van der Waals surface area (Å²) in [5, 5.41) is 57.2. The minimum Gasteiger partial charge on any atom is -0.393 e. The number of nitrogens with one attached hydrogen (secondary N) is 2. The van der Waals surface area contributed by atoms with Gasteiger partial charge in [0.1, 0.15) is 18.3 Å². The molecule has 9 nitrogen and oxygen atoms in total. The highest BCUT2D eigenvalue weighted by Crippen LogP contribution is 2.19. The second-order valence-electron chi connectivity index (χ2n) is 14.6. The lowest BCUT2D eigenvalue weighted by Crippen LogP contribution is -2.52. The lowest BCUT2D eigenvalue weighted by atomic mass is 9.96. The predicted octanol–water partition coefficient (Wildman–Crippen LogP) is 7.60. The summed E-state index contributed by atoms with van der Waals surface area (Å²) in [5.74, 6) is 0. The fourth-order valence-electron chi connectivity index (χ4n) is 6.59. The van der Waals surface area contributed by atoms with E-state index in [1.54, 1.807) is 12.2 Å². The number of ether oxygens (including phenoxy) is 1. The third-order valence-corrected chi connectivity index (χ3v) is 10.1. The van der Waals surface area contributed by atoms with Crippen LogP contribution in [0.1, 0.15) is 181 Å². The third-order valence-electron chi connectivity index (χ3n) is 10.1. The summed E-state index contributed by atoms with van der Waals surface area (Å²) >= 11 is 0. The molecule has 0 spiro atoms. The van der Waals surface area contributed by atoms with E-state index in [1.165, 1.54) is 122 Å². The van der Waals surface area contributed by atoms with Crippen molar-refractivity contribution in [2.24, 2.45) is 0 Å². The molecule has 290 valence electrons. The Morgan fingerprint density at radius 3 is 1.65 bits per heavy atom. The van der Waals surface area contributed by atoms with Gasteiger partial charge in [-0.1, -0.05) is 161 Å². The molecule has 0 fully saturated rings. The van der Waals surface area contributed by atoms with Crippen LogP contribution in [-0.2, 0) is 4.74 Å². The standard InChI is InChI=1S/C40H78N2O7/c1-3-5-6-7-8-9-10-11-12-13-14-15-16-17-18-19-20-21-22-23-24-27-30-41-40(48)42-34(36(45)31-33(43)4-2)32-49-37-29-26-25-28-35(44)38(46)39(37)47/h26,29,33-39,43-47H,3-25,27-28,30-32H2,1-2H3,(H2,41,42,48)/b29-26-. The first-order valence-electron chi connectivity index (χ1n) is 20.5. The average molecular weight is 699 g/mol. The highest BCUT2D eigenvalue weighted by Gasteiger charge is 2.33. The number of carbonyl (C=O) groups is 1. The number of allylic oxidation sites excluding steroid dienone is 1. The number of unbranched alkanes of at least 4 members (excludes halogenated alkanes) is 21. The number of carbonyl (C=O) groups excluding carboxylic acids is 1. The van der Waals surface area contributed by atoms with Gasteiger partial charge in [0, 0.05) is 13.0 Å². The number of amides is 2. The zero-order chi connectivity index (χ0) is 36.0. The van der Waals surface area contributed by atoms with Gasteiger partial charge in [-0.05, 0) is 25.7 Å². The minimum atomic E-state index is -1.37. The summed E-state index contributed by atoms with van der Waals surface area (Å²) in [7, 11) is 0. The molecule has 0 bridgehead atoms. The van der Waals surface area contributed by atoms with Gasteiger partial charge in [0.15, 0.2) is 0 Å². The number of hydrogen-bond donors (Lipinski definition) is 7. The van der Waals surface area contributed by atoms with Crippen molar-refractivity contribution in [3.63, 3.8) is 0 Å². The molecule has 0 aromatic rings. The molecule has 7 atom stereocenters. The van der Waals surface area contributed by atoms with Crippen molar-refractivity contribution >= 4 is 6.03 Å². The SMILES string of the molecule is CCCCCCCCCCCCCCCCCCCCCCCCNC(=O)NC(COC1/C=C\CCC(O)C(O)C1O)C(O)CC(O)CC. The number of aliphatic hydroxyl groups excluding tert-OH is 5. The zero-order valence-corrected chi connectivity index (χ0v) is 31.5. The van der Waals surface area contributed by atoms with Crippen molar-refractivity contribution in [2.45, 2.75) is 223 Å². The molecule has 1 aliphatic rings. The average Bonchev–Trinajstić information content (AvgIpc) is 3.09. The van der Waals surface area contributed by atoms with Gasteiger partial charge in [-0.15, -0.1) is 0 Å². The van der Waals surface area contributed by atoms with Gasteiger partial charge >= 0.3 is 6.03 Å². The summed E-state index contributed by atoms with van der Waals surface area (Å²) in [6, 6.07) is -1.26. The molecule has 9 heteroatoms. The summed E-state index contributed by atoms with van der Waals surface area (Å²) in [6.07, 6.45) is 27.7. The monoisotopic (exact) mass is 699 g/mol. The molecule has 2 amide bonds. The smallest absolute Gasteiger partial charge is 0.315 e. The van der Waals surface area contributed by atoms with Crippen LogP contribution >= 0.6 is 0 Å². The second kappa shape index (κ2) is 31.5. The lowest BCUT2D eigenvalue weighted by Gasteiger charge is -2.32. The first-order chi connectivity index (χ1) is 23.8. The molecule has 1 rings (SSSR count). The topological polar surface area (TPSA) is 152 Å². The van der Waals surface area contributed by atoms with Crippen molar-refractivity contribution in [3.8, 4) is 0 Å². The van der Waals surface area contributed by atoms with E-state index < -0.39 is 48.7 Å². The Bertz CT molecular complexity index is 786. The Hall–Kier alpha value is -1.23. The van der Waals surface area contributed by atoms with E-state index in [0.29, 0.717) is 25.8 Å². The zero-order valence-electron chi connectivity index (χ0n) is 31.5. The van der Waals surface area contributed by atoms with Gasteiger partial charge in [0.2, 0.25) is 0 Å². The van der Waals surface area contributed by atoms with E-state index in [-0.39, 0.29) is 13.0 Å². The van der Waals surface area contributed by atoms with E-state index in [2.05, 4.69) is 17.6 Å². The Kier molecular flexibility index (Phi) is 29.4. The molecular weight excluding hydrogens is 620 g/mol. The van der Waals surface area contributed by atoms with Gasteiger partial charge in [0.25, 0.3) is 0 Å². The Labute approximate surface area is 300 Å². The van der Waals surface area contributed by atoms with E-state index in [4.69, 9.17) is 4.74 Å². The van der Waals surface area contributed by atoms with E-state index in [1.807, 2.05) is 6.92 Å². The van der Waals surface area contributed by atoms with Crippen LogP contribution in [0, 0.1) is 0 Å². The number of aliphatic hydroxyl groups is 5. The molecule has 0 saturated carbocycles. The Balaban J connectivity index is 2.10. The fraction of sp³-hybridized carbons (Fsp3) is 0.925. The minimum absolute atomic E-state index is 0.0641. The molecule has 0 aromatic heterocycles. The van der Waals surface area contributed by atoms with Crippen LogP contribution in [0.2, 0.25) is 0 Å². The summed E-state index contributed by atoms with van der Waals surface area (Å²) < 4.78 is 5.81. The highest BCUT2D eigenvalue weighted by molar-refractivity contribution is 5.74. The summed E-state index contributed by atoms with van der Waals surface area (Å²) in [4.78, 5) is 12.7. The van der Waals surface area contributed by atoms with Crippen LogP contribution in [0.25, 0.3) is 0 Å². The van der Waals surface area contributed by atoms with Crippen molar-refractivity contribution in [1.29, 1.82) is 0 Å². The number of urea groups is 1. The molecular formula is C40H78N2O7. The van der Waals surface area contributed by atoms with Crippen molar-refractivity contribution in [3.05, 3.63) is 12.2 Å². The summed E-state index contributed by atoms with van der Waals surface area (Å²) in [6.45, 7) is 4.48. The second-order valence-corrected chi connectivity index (χ2v) is 14.6. The van der Waals surface area contributed by atoms with Gasteiger partial charge in [-0.3, -0.25) is 0 Å². The summed E-state index contributed by atoms with van der Waals surface area (Å²) in [5.41, 5.74) is 0. The maximum atomic E-state index is 12.7. The Morgan fingerprint density at radius 1 is 0.714 bits per heavy atom. The van der Waals surface area contributed by atoms with Crippen LogP contribution in [-0.4, -0.2) is 87.4 Å². The van der Waals surface area contributed by atoms with Crippen molar-refractivity contribution in [2.75, 3.05) is 13.2 Å². The largest absolute Gasteiger partial charge is 0.393 e. The van der Waals surface area contributed by atoms with Gasteiger partial charge in [-0.2, -0.15) is 0 Å². The normalized spacial score (nSPS) is 22.2. The Morgan fingerprint density at radius 2 is 1.18 bits per heavy atom. The van der Waals surface area contributed by atoms with Gasteiger partial charge in [0.05, 0.1) is 31.0 Å². The van der Waals surface area contributed by atoms with E-state index in [9.17, 15) is 30.3 Å². The first-order valence-corrected chi connectivity index (χ1v) is 20.5. The van der Waals surface area contributed by atoms with E-state index >= 15 is 0 Å². The molecule has 7 unspecified atom stereocenters. The number of hydrogen-bond acceptors (Lipinski definition) is 7. The van der Waals surface area contributed by atoms with Crippen LogP contribution in [0.4, 0.5) is 4.79 Å². The third kappa shape index (κ3) is 24.6. The van der Waals surface area contributed by atoms with Crippen molar-refractivity contribution in [1.82, 2.24) is 10.6 Å². The van der Waals surface area contributed by atoms with Gasteiger partial charge in [-0.25, -0.2) is 4.79 Å².